The number of aryl methyl sites for hydroxylation is 1. The van der Waals surface area contributed by atoms with Crippen LogP contribution in [0, 0.1) is 24.4 Å². The first-order valence-corrected chi connectivity index (χ1v) is 7.30. The highest BCUT2D eigenvalue weighted by molar-refractivity contribution is 9.10. The van der Waals surface area contributed by atoms with Crippen LogP contribution in [0.4, 0.5) is 13.2 Å². The lowest BCUT2D eigenvalue weighted by Crippen LogP contribution is -2.20. The Morgan fingerprint density at radius 2 is 1.76 bits per heavy atom. The molecular formula is C16H15BrF3N. The van der Waals surface area contributed by atoms with Crippen LogP contribution in [0.2, 0.25) is 0 Å². The van der Waals surface area contributed by atoms with Gasteiger partial charge in [0.25, 0.3) is 0 Å². The lowest BCUT2D eigenvalue weighted by atomic mass is 10.0. The summed E-state index contributed by atoms with van der Waals surface area (Å²) in [5.74, 6) is -1.26. The van der Waals surface area contributed by atoms with Crippen molar-refractivity contribution in [2.24, 2.45) is 0 Å². The maximum Gasteiger partial charge on any atom is 0.128 e. The highest BCUT2D eigenvalue weighted by Crippen LogP contribution is 2.22. The molecule has 0 spiro atoms. The van der Waals surface area contributed by atoms with Crippen LogP contribution in [0.3, 0.4) is 0 Å². The first-order valence-electron chi connectivity index (χ1n) is 6.51. The summed E-state index contributed by atoms with van der Waals surface area (Å²) in [5, 5.41) is 3.00. The van der Waals surface area contributed by atoms with Crippen molar-refractivity contribution in [2.75, 3.05) is 0 Å². The fourth-order valence-corrected chi connectivity index (χ4v) is 2.45. The van der Waals surface area contributed by atoms with Crippen LogP contribution in [0.5, 0.6) is 0 Å². The van der Waals surface area contributed by atoms with E-state index in [2.05, 4.69) is 21.2 Å². The zero-order valence-electron chi connectivity index (χ0n) is 11.7. The quantitative estimate of drug-likeness (QED) is 0.809. The van der Waals surface area contributed by atoms with Gasteiger partial charge in [-0.3, -0.25) is 0 Å². The van der Waals surface area contributed by atoms with Gasteiger partial charge in [-0.25, -0.2) is 13.2 Å². The second-order valence-corrected chi connectivity index (χ2v) is 5.88. The molecule has 2 rings (SSSR count). The van der Waals surface area contributed by atoms with Crippen molar-refractivity contribution >= 4 is 15.9 Å². The number of rotatable bonds is 4. The Balaban J connectivity index is 2.13. The molecule has 0 bridgehead atoms. The molecule has 2 aromatic carbocycles. The molecule has 0 saturated carbocycles. The number of hydrogen-bond acceptors (Lipinski definition) is 1. The molecular weight excluding hydrogens is 343 g/mol. The number of nitrogens with one attached hydrogen (secondary N) is 1. The van der Waals surface area contributed by atoms with E-state index in [1.165, 1.54) is 25.1 Å². The molecule has 0 aromatic heterocycles. The molecule has 1 nitrogen and oxygen atoms in total. The number of hydrogen-bond donors (Lipinski definition) is 1. The van der Waals surface area contributed by atoms with Gasteiger partial charge in [0, 0.05) is 28.2 Å². The van der Waals surface area contributed by atoms with Crippen molar-refractivity contribution in [1.29, 1.82) is 0 Å². The van der Waals surface area contributed by atoms with E-state index in [0.29, 0.717) is 5.56 Å². The second kappa shape index (κ2) is 6.62. The lowest BCUT2D eigenvalue weighted by molar-refractivity contribution is 0.507. The summed E-state index contributed by atoms with van der Waals surface area (Å²) < 4.78 is 41.8. The van der Waals surface area contributed by atoms with Gasteiger partial charge in [0.05, 0.1) is 0 Å². The topological polar surface area (TPSA) is 12.0 Å². The van der Waals surface area contributed by atoms with E-state index in [4.69, 9.17) is 0 Å². The van der Waals surface area contributed by atoms with Gasteiger partial charge in [-0.15, -0.1) is 0 Å². The minimum Gasteiger partial charge on any atom is -0.306 e. The normalized spacial score (nSPS) is 12.5. The standard InChI is InChI=1S/C16H15BrF3N/c1-9-5-16(20)13(7-15(9)19)10(2)21-8-11-6-12(17)3-4-14(11)18/h3-7,10,21H,8H2,1-2H3. The lowest BCUT2D eigenvalue weighted by Gasteiger charge is -2.16. The summed E-state index contributed by atoms with van der Waals surface area (Å²) in [6, 6.07) is 6.54. The summed E-state index contributed by atoms with van der Waals surface area (Å²) in [6.45, 7) is 3.45. The summed E-state index contributed by atoms with van der Waals surface area (Å²) >= 11 is 3.27. The SMILES string of the molecule is Cc1cc(F)c(C(C)NCc2cc(Br)ccc2F)cc1F. The molecule has 21 heavy (non-hydrogen) atoms. The fourth-order valence-electron chi connectivity index (χ4n) is 2.05. The Morgan fingerprint density at radius 3 is 2.48 bits per heavy atom. The first kappa shape index (κ1) is 16.0. The van der Waals surface area contributed by atoms with Gasteiger partial charge < -0.3 is 5.32 Å². The fraction of sp³-hybridized carbons (Fsp3) is 0.250. The van der Waals surface area contributed by atoms with Crippen LogP contribution in [0.25, 0.3) is 0 Å². The van der Waals surface area contributed by atoms with Crippen LogP contribution in [-0.4, -0.2) is 0 Å². The molecule has 2 aromatic rings. The van der Waals surface area contributed by atoms with E-state index >= 15 is 0 Å². The summed E-state index contributed by atoms with van der Waals surface area (Å²) in [4.78, 5) is 0. The minimum absolute atomic E-state index is 0.224. The molecule has 1 atom stereocenters. The zero-order valence-corrected chi connectivity index (χ0v) is 13.3. The molecule has 5 heteroatoms. The highest BCUT2D eigenvalue weighted by atomic mass is 79.9. The molecule has 0 aliphatic carbocycles. The third kappa shape index (κ3) is 3.86. The first-order chi connectivity index (χ1) is 9.88. The van der Waals surface area contributed by atoms with Crippen LogP contribution < -0.4 is 5.32 Å². The van der Waals surface area contributed by atoms with Gasteiger partial charge in [0.2, 0.25) is 0 Å². The Morgan fingerprint density at radius 1 is 1.05 bits per heavy atom. The molecule has 0 radical (unpaired) electrons. The molecule has 0 fully saturated rings. The Hall–Kier alpha value is -1.33. The monoisotopic (exact) mass is 357 g/mol. The van der Waals surface area contributed by atoms with E-state index in [0.717, 1.165) is 4.47 Å². The van der Waals surface area contributed by atoms with Gasteiger partial charge in [0.1, 0.15) is 17.5 Å². The largest absolute Gasteiger partial charge is 0.306 e. The third-order valence-electron chi connectivity index (χ3n) is 3.35. The minimum atomic E-state index is -0.469. The summed E-state index contributed by atoms with van der Waals surface area (Å²) in [5.41, 5.74) is 0.958. The van der Waals surface area contributed by atoms with Crippen molar-refractivity contribution in [3.8, 4) is 0 Å². The van der Waals surface area contributed by atoms with E-state index in [9.17, 15) is 13.2 Å². The molecule has 0 heterocycles. The molecule has 1 N–H and O–H groups in total. The Kier molecular flexibility index (Phi) is 5.06. The predicted octanol–water partition coefficient (Wildman–Crippen LogP) is 5.03. The Labute approximate surface area is 130 Å². The van der Waals surface area contributed by atoms with Gasteiger partial charge >= 0.3 is 0 Å². The number of halogens is 4. The van der Waals surface area contributed by atoms with Gasteiger partial charge in [-0.2, -0.15) is 0 Å². The van der Waals surface area contributed by atoms with Crippen LogP contribution in [0.1, 0.15) is 29.7 Å². The van der Waals surface area contributed by atoms with E-state index in [-0.39, 0.29) is 23.5 Å². The average Bonchev–Trinajstić information content (AvgIpc) is 2.43. The molecule has 112 valence electrons. The molecule has 1 unspecified atom stereocenters. The van der Waals surface area contributed by atoms with Crippen molar-refractivity contribution in [2.45, 2.75) is 26.4 Å². The van der Waals surface area contributed by atoms with Gasteiger partial charge in [0.15, 0.2) is 0 Å². The van der Waals surface area contributed by atoms with Gasteiger partial charge in [-0.05, 0) is 49.7 Å². The zero-order chi connectivity index (χ0) is 15.6. The average molecular weight is 358 g/mol. The summed E-state index contributed by atoms with van der Waals surface area (Å²) in [7, 11) is 0. The second-order valence-electron chi connectivity index (χ2n) is 4.96. The molecule has 0 saturated heterocycles. The third-order valence-corrected chi connectivity index (χ3v) is 3.84. The summed E-state index contributed by atoms with van der Waals surface area (Å²) in [6.07, 6.45) is 0. The van der Waals surface area contributed by atoms with Crippen molar-refractivity contribution in [3.63, 3.8) is 0 Å². The van der Waals surface area contributed by atoms with Crippen LogP contribution >= 0.6 is 15.9 Å². The van der Waals surface area contributed by atoms with Crippen molar-refractivity contribution in [3.05, 3.63) is 68.9 Å². The molecule has 0 aliphatic rings. The van der Waals surface area contributed by atoms with Gasteiger partial charge in [-0.1, -0.05) is 15.9 Å². The molecule has 0 aliphatic heterocycles. The van der Waals surface area contributed by atoms with E-state index < -0.39 is 17.7 Å². The Bertz CT molecular complexity index is 658. The van der Waals surface area contributed by atoms with Crippen molar-refractivity contribution in [1.82, 2.24) is 5.32 Å². The maximum atomic E-state index is 13.9. The van der Waals surface area contributed by atoms with E-state index in [1.54, 1.807) is 19.1 Å². The predicted molar refractivity (Wildman–Crippen MR) is 80.4 cm³/mol. The molecule has 0 amide bonds. The smallest absolute Gasteiger partial charge is 0.128 e. The highest BCUT2D eigenvalue weighted by Gasteiger charge is 2.14. The van der Waals surface area contributed by atoms with E-state index in [1.807, 2.05) is 0 Å². The van der Waals surface area contributed by atoms with Crippen LogP contribution in [0.15, 0.2) is 34.8 Å². The maximum absolute atomic E-state index is 13.9. The van der Waals surface area contributed by atoms with Crippen molar-refractivity contribution < 1.29 is 13.2 Å². The number of benzene rings is 2. The van der Waals surface area contributed by atoms with Crippen LogP contribution in [-0.2, 0) is 6.54 Å².